The Balaban J connectivity index is 1.36. The van der Waals surface area contributed by atoms with Gasteiger partial charge >= 0.3 is 6.18 Å². The summed E-state index contributed by atoms with van der Waals surface area (Å²) in [5.74, 6) is -0.335. The Hall–Kier alpha value is -1.54. The van der Waals surface area contributed by atoms with Crippen molar-refractivity contribution in [2.45, 2.75) is 69.9 Å². The van der Waals surface area contributed by atoms with E-state index in [0.29, 0.717) is 36.3 Å². The van der Waals surface area contributed by atoms with Crippen molar-refractivity contribution in [1.82, 2.24) is 4.90 Å². The number of halogens is 4. The summed E-state index contributed by atoms with van der Waals surface area (Å²) >= 11 is 0. The third-order valence-electron chi connectivity index (χ3n) is 6.87. The zero-order valence-electron chi connectivity index (χ0n) is 17.0. The average molecular weight is 414 g/mol. The van der Waals surface area contributed by atoms with Crippen LogP contribution in [0.1, 0.15) is 39.5 Å². The first-order chi connectivity index (χ1) is 13.5. The minimum Gasteiger partial charge on any atom is -0.382 e. The molecule has 1 aliphatic heterocycles. The van der Waals surface area contributed by atoms with Gasteiger partial charge in [0.1, 0.15) is 5.82 Å². The summed E-state index contributed by atoms with van der Waals surface area (Å²) in [4.78, 5) is 3.30. The molecule has 2 unspecified atom stereocenters. The maximum Gasteiger partial charge on any atom is 0.401 e. The van der Waals surface area contributed by atoms with Crippen LogP contribution in [0.3, 0.4) is 0 Å². The molecule has 0 bridgehead atoms. The number of anilines is 2. The lowest BCUT2D eigenvalue weighted by molar-refractivity contribution is -0.156. The summed E-state index contributed by atoms with van der Waals surface area (Å²) in [6.45, 7) is 3.34. The molecule has 1 aromatic carbocycles. The molecule has 1 saturated heterocycles. The van der Waals surface area contributed by atoms with E-state index in [-0.39, 0.29) is 17.9 Å². The third-order valence-corrected chi connectivity index (χ3v) is 6.87. The Labute approximate surface area is 169 Å². The number of nitrogens with one attached hydrogen (secondary N) is 1. The zero-order valence-corrected chi connectivity index (χ0v) is 17.0. The molecule has 0 radical (unpaired) electrons. The van der Waals surface area contributed by atoms with Crippen LogP contribution in [-0.2, 0) is 0 Å². The molecule has 2 atom stereocenters. The molecule has 1 aromatic rings. The molecule has 8 heteroatoms. The minimum atomic E-state index is -4.23. The van der Waals surface area contributed by atoms with Crippen molar-refractivity contribution >= 4 is 11.4 Å². The Morgan fingerprint density at radius 1 is 1.10 bits per heavy atom. The normalized spacial score (nSPS) is 35.3. The van der Waals surface area contributed by atoms with Crippen molar-refractivity contribution < 1.29 is 17.6 Å². The van der Waals surface area contributed by atoms with Gasteiger partial charge in [0.2, 0.25) is 0 Å². The number of nitrogens with zero attached hydrogens (tertiary/aromatic N) is 2. The predicted molar refractivity (Wildman–Crippen MR) is 107 cm³/mol. The van der Waals surface area contributed by atoms with Gasteiger partial charge < -0.3 is 16.0 Å². The number of rotatable bonds is 4. The largest absolute Gasteiger partial charge is 0.401 e. The van der Waals surface area contributed by atoms with Crippen molar-refractivity contribution in [3.63, 3.8) is 0 Å². The molecule has 4 rings (SSSR count). The molecular weight excluding hydrogens is 384 g/mol. The Morgan fingerprint density at radius 2 is 1.72 bits per heavy atom. The lowest BCUT2D eigenvalue weighted by Gasteiger charge is -2.57. The maximum absolute atomic E-state index is 14.8. The van der Waals surface area contributed by atoms with E-state index in [1.807, 2.05) is 11.0 Å². The molecule has 3 N–H and O–H groups in total. The van der Waals surface area contributed by atoms with Gasteiger partial charge in [-0.3, -0.25) is 4.90 Å². The zero-order chi connectivity index (χ0) is 21.0. The summed E-state index contributed by atoms with van der Waals surface area (Å²) in [7, 11) is 0. The van der Waals surface area contributed by atoms with Crippen molar-refractivity contribution in [2.75, 3.05) is 29.9 Å². The van der Waals surface area contributed by atoms with Gasteiger partial charge in [-0.2, -0.15) is 13.2 Å². The van der Waals surface area contributed by atoms with Crippen LogP contribution >= 0.6 is 0 Å². The summed E-state index contributed by atoms with van der Waals surface area (Å²) in [6, 6.07) is 5.20. The van der Waals surface area contributed by atoms with Crippen molar-refractivity contribution in [1.29, 1.82) is 0 Å². The third kappa shape index (κ3) is 4.33. The van der Waals surface area contributed by atoms with Crippen LogP contribution in [0.5, 0.6) is 0 Å². The highest BCUT2D eigenvalue weighted by Crippen LogP contribution is 2.55. The van der Waals surface area contributed by atoms with Crippen LogP contribution in [0, 0.1) is 11.2 Å². The average Bonchev–Trinajstić information content (AvgIpc) is 2.54. The second-order valence-electron chi connectivity index (χ2n) is 9.47. The maximum atomic E-state index is 14.8. The Morgan fingerprint density at radius 3 is 2.24 bits per heavy atom. The van der Waals surface area contributed by atoms with Gasteiger partial charge in [0.15, 0.2) is 0 Å². The number of piperazine rings is 1. The van der Waals surface area contributed by atoms with Crippen LogP contribution < -0.4 is 16.0 Å². The van der Waals surface area contributed by atoms with E-state index in [9.17, 15) is 17.6 Å². The van der Waals surface area contributed by atoms with Gasteiger partial charge in [0, 0.05) is 42.9 Å². The standard InChI is InChI=1S/C21H30F4N4/c1-13-10-28(11-14(2)29(13)12-21(23,24)25)19-4-3-16(5-18(19)22)27-17-8-20(9-17)6-15(26)7-20/h3-5,13-15,17,27H,6-12,26H2,1-2H3. The van der Waals surface area contributed by atoms with E-state index in [2.05, 4.69) is 5.32 Å². The number of alkyl halides is 3. The monoisotopic (exact) mass is 414 g/mol. The van der Waals surface area contributed by atoms with E-state index < -0.39 is 12.7 Å². The molecule has 3 fully saturated rings. The lowest BCUT2D eigenvalue weighted by atomic mass is 9.52. The predicted octanol–water partition coefficient (Wildman–Crippen LogP) is 3.97. The second kappa shape index (κ2) is 7.30. The van der Waals surface area contributed by atoms with Crippen LogP contribution in [0.15, 0.2) is 18.2 Å². The van der Waals surface area contributed by atoms with Crippen molar-refractivity contribution in [2.24, 2.45) is 11.1 Å². The minimum absolute atomic E-state index is 0.308. The molecule has 29 heavy (non-hydrogen) atoms. The molecule has 0 amide bonds. The van der Waals surface area contributed by atoms with Gasteiger partial charge in [-0.25, -0.2) is 4.39 Å². The van der Waals surface area contributed by atoms with Gasteiger partial charge in [-0.1, -0.05) is 0 Å². The molecule has 1 heterocycles. The van der Waals surface area contributed by atoms with E-state index in [1.54, 1.807) is 19.9 Å². The highest BCUT2D eigenvalue weighted by atomic mass is 19.4. The SMILES string of the molecule is CC1CN(c2ccc(NC3CC4(CC(N)C4)C3)cc2F)CC(C)N1CC(F)(F)F. The van der Waals surface area contributed by atoms with Crippen LogP contribution in [0.25, 0.3) is 0 Å². The quantitative estimate of drug-likeness (QED) is 0.732. The number of hydrogen-bond donors (Lipinski definition) is 2. The number of benzene rings is 1. The fourth-order valence-electron chi connectivity index (χ4n) is 5.63. The molecule has 4 nitrogen and oxygen atoms in total. The molecule has 2 aliphatic carbocycles. The van der Waals surface area contributed by atoms with Gasteiger partial charge in [-0.05, 0) is 63.1 Å². The summed E-state index contributed by atoms with van der Waals surface area (Å²) < 4.78 is 53.3. The first-order valence-electron chi connectivity index (χ1n) is 10.4. The summed E-state index contributed by atoms with van der Waals surface area (Å²) in [5.41, 5.74) is 7.52. The smallest absolute Gasteiger partial charge is 0.382 e. The second-order valence-corrected chi connectivity index (χ2v) is 9.47. The van der Waals surface area contributed by atoms with Crippen LogP contribution in [0.4, 0.5) is 28.9 Å². The highest BCUT2D eigenvalue weighted by Gasteiger charge is 2.51. The molecular formula is C21H30F4N4. The first-order valence-corrected chi connectivity index (χ1v) is 10.4. The molecule has 162 valence electrons. The lowest BCUT2D eigenvalue weighted by Crippen LogP contribution is -2.59. The molecule has 3 aliphatic rings. The molecule has 0 aromatic heterocycles. The van der Waals surface area contributed by atoms with Gasteiger partial charge in [0.05, 0.1) is 12.2 Å². The Kier molecular flexibility index (Phi) is 5.22. The van der Waals surface area contributed by atoms with E-state index in [1.165, 1.54) is 11.0 Å². The van der Waals surface area contributed by atoms with E-state index in [4.69, 9.17) is 5.73 Å². The summed E-state index contributed by atoms with van der Waals surface area (Å²) in [6.07, 6.45) is 0.124. The molecule has 1 spiro atoms. The van der Waals surface area contributed by atoms with Crippen molar-refractivity contribution in [3.05, 3.63) is 24.0 Å². The van der Waals surface area contributed by atoms with E-state index in [0.717, 1.165) is 31.4 Å². The Bertz CT molecular complexity index is 727. The van der Waals surface area contributed by atoms with Crippen LogP contribution in [0.2, 0.25) is 0 Å². The fraction of sp³-hybridized carbons (Fsp3) is 0.714. The highest BCUT2D eigenvalue weighted by molar-refractivity contribution is 5.57. The van der Waals surface area contributed by atoms with Crippen molar-refractivity contribution in [3.8, 4) is 0 Å². The topological polar surface area (TPSA) is 44.5 Å². The number of nitrogens with two attached hydrogens (primary N) is 1. The fourth-order valence-corrected chi connectivity index (χ4v) is 5.63. The van der Waals surface area contributed by atoms with Gasteiger partial charge in [-0.15, -0.1) is 0 Å². The van der Waals surface area contributed by atoms with Crippen LogP contribution in [-0.4, -0.2) is 54.9 Å². The van der Waals surface area contributed by atoms with E-state index >= 15 is 0 Å². The first kappa shape index (κ1) is 20.7. The molecule has 2 saturated carbocycles. The van der Waals surface area contributed by atoms with Gasteiger partial charge in [0.25, 0.3) is 0 Å². The number of hydrogen-bond acceptors (Lipinski definition) is 4. The summed E-state index contributed by atoms with van der Waals surface area (Å²) in [5, 5.41) is 3.41.